The number of nitrogens with zero attached hydrogens (tertiary/aromatic N) is 1. The smallest absolute Gasteiger partial charge is 0.137 e. The maximum atomic E-state index is 9.72. The first-order valence-electron chi connectivity index (χ1n) is 6.62. The molecule has 4 heteroatoms. The number of aliphatic hydroxyl groups is 1. The van der Waals surface area contributed by atoms with E-state index in [9.17, 15) is 5.11 Å². The first kappa shape index (κ1) is 14.9. The van der Waals surface area contributed by atoms with Crippen molar-refractivity contribution < 1.29 is 14.6 Å². The van der Waals surface area contributed by atoms with Crippen LogP contribution in [0.25, 0.3) is 0 Å². The fourth-order valence-electron chi connectivity index (χ4n) is 2.04. The molecule has 4 nitrogen and oxygen atoms in total. The van der Waals surface area contributed by atoms with Crippen LogP contribution in [0.4, 0.5) is 0 Å². The molecule has 0 spiro atoms. The molecule has 0 aliphatic heterocycles. The molecule has 0 radical (unpaired) electrons. The van der Waals surface area contributed by atoms with Gasteiger partial charge in [-0.2, -0.15) is 5.26 Å². The molecule has 21 heavy (non-hydrogen) atoms. The van der Waals surface area contributed by atoms with Crippen LogP contribution in [-0.2, 0) is 6.61 Å². The van der Waals surface area contributed by atoms with Crippen molar-refractivity contribution in [2.24, 2.45) is 0 Å². The van der Waals surface area contributed by atoms with E-state index in [2.05, 4.69) is 6.07 Å². The summed E-state index contributed by atoms with van der Waals surface area (Å²) in [5.41, 5.74) is 2.13. The molecule has 0 aromatic heterocycles. The highest BCUT2D eigenvalue weighted by Crippen LogP contribution is 2.26. The van der Waals surface area contributed by atoms with E-state index in [-0.39, 0.29) is 0 Å². The fourth-order valence-corrected chi connectivity index (χ4v) is 2.04. The Labute approximate surface area is 124 Å². The Hall–Kier alpha value is -2.51. The third-order valence-electron chi connectivity index (χ3n) is 3.15. The van der Waals surface area contributed by atoms with E-state index in [4.69, 9.17) is 14.7 Å². The Morgan fingerprint density at radius 2 is 1.95 bits per heavy atom. The van der Waals surface area contributed by atoms with Crippen LogP contribution in [0.1, 0.15) is 29.7 Å². The second-order valence-electron chi connectivity index (χ2n) is 4.65. The number of hydrogen-bond donors (Lipinski definition) is 1. The van der Waals surface area contributed by atoms with Crippen LogP contribution < -0.4 is 9.47 Å². The highest BCUT2D eigenvalue weighted by molar-refractivity contribution is 5.45. The number of nitriles is 1. The van der Waals surface area contributed by atoms with Crippen molar-refractivity contribution in [3.8, 4) is 17.6 Å². The molecule has 0 aliphatic carbocycles. The molecule has 1 atom stereocenters. The molecule has 0 aliphatic rings. The number of ether oxygens (including phenoxy) is 2. The molecule has 0 fully saturated rings. The maximum Gasteiger partial charge on any atom is 0.137 e. The van der Waals surface area contributed by atoms with E-state index in [1.165, 1.54) is 7.11 Å². The third kappa shape index (κ3) is 3.53. The van der Waals surface area contributed by atoms with Crippen molar-refractivity contribution in [1.29, 1.82) is 5.26 Å². The van der Waals surface area contributed by atoms with Crippen molar-refractivity contribution in [3.63, 3.8) is 0 Å². The lowest BCUT2D eigenvalue weighted by molar-refractivity contribution is 0.190. The Balaban J connectivity index is 2.16. The summed E-state index contributed by atoms with van der Waals surface area (Å²) in [6, 6.07) is 14.8. The van der Waals surface area contributed by atoms with Gasteiger partial charge in [-0.05, 0) is 30.7 Å². The molecular formula is C17H17NO3. The second-order valence-corrected chi connectivity index (χ2v) is 4.65. The first-order valence-corrected chi connectivity index (χ1v) is 6.62. The van der Waals surface area contributed by atoms with Gasteiger partial charge in [0, 0.05) is 5.56 Å². The topological polar surface area (TPSA) is 62.5 Å². The molecule has 0 unspecified atom stereocenters. The van der Waals surface area contributed by atoms with E-state index in [0.29, 0.717) is 23.7 Å². The zero-order valence-electron chi connectivity index (χ0n) is 12.0. The van der Waals surface area contributed by atoms with E-state index in [0.717, 1.165) is 11.1 Å². The predicted octanol–water partition coefficient (Wildman–Crippen LogP) is 3.20. The lowest BCUT2D eigenvalue weighted by Crippen LogP contribution is -2.01. The summed E-state index contributed by atoms with van der Waals surface area (Å²) in [7, 11) is 1.53. The minimum atomic E-state index is -0.586. The van der Waals surface area contributed by atoms with Crippen LogP contribution in [0, 0.1) is 11.3 Å². The molecule has 0 saturated carbocycles. The van der Waals surface area contributed by atoms with Crippen LogP contribution in [0.5, 0.6) is 11.5 Å². The van der Waals surface area contributed by atoms with Gasteiger partial charge in [0.25, 0.3) is 0 Å². The highest BCUT2D eigenvalue weighted by atomic mass is 16.5. The molecule has 0 bridgehead atoms. The molecule has 0 heterocycles. The lowest BCUT2D eigenvalue weighted by atomic mass is 10.1. The van der Waals surface area contributed by atoms with Crippen molar-refractivity contribution in [2.75, 3.05) is 7.11 Å². The number of methoxy groups -OCH3 is 1. The minimum Gasteiger partial charge on any atom is -0.495 e. The molecule has 2 aromatic carbocycles. The molecular weight excluding hydrogens is 266 g/mol. The summed E-state index contributed by atoms with van der Waals surface area (Å²) in [6.07, 6.45) is -0.586. The maximum absolute atomic E-state index is 9.72. The Morgan fingerprint density at radius 1 is 1.19 bits per heavy atom. The number of hydrogen-bond acceptors (Lipinski definition) is 4. The summed E-state index contributed by atoms with van der Waals surface area (Å²) >= 11 is 0. The highest BCUT2D eigenvalue weighted by Gasteiger charge is 2.09. The molecule has 0 amide bonds. The predicted molar refractivity (Wildman–Crippen MR) is 79.1 cm³/mol. The molecule has 2 rings (SSSR count). The average molecular weight is 283 g/mol. The average Bonchev–Trinajstić information content (AvgIpc) is 2.52. The van der Waals surface area contributed by atoms with Gasteiger partial charge < -0.3 is 14.6 Å². The molecule has 2 aromatic rings. The Kier molecular flexibility index (Phi) is 4.81. The summed E-state index contributed by atoms with van der Waals surface area (Å²) in [4.78, 5) is 0. The second kappa shape index (κ2) is 6.78. The standard InChI is InChI=1S/C17H17NO3/c1-12(19)15-5-3-4-6-16(15)21-11-13-7-8-14(10-18)17(9-13)20-2/h3-9,12,19H,11H2,1-2H3/t12-/m0/s1. The van der Waals surface area contributed by atoms with E-state index in [1.54, 1.807) is 19.1 Å². The van der Waals surface area contributed by atoms with Gasteiger partial charge in [-0.15, -0.1) is 0 Å². The van der Waals surface area contributed by atoms with Crippen LogP contribution in [-0.4, -0.2) is 12.2 Å². The van der Waals surface area contributed by atoms with Gasteiger partial charge in [0.05, 0.1) is 18.8 Å². The summed E-state index contributed by atoms with van der Waals surface area (Å²) in [5.74, 6) is 1.18. The normalized spacial score (nSPS) is 11.5. The van der Waals surface area contributed by atoms with Gasteiger partial charge in [0.1, 0.15) is 24.2 Å². The zero-order chi connectivity index (χ0) is 15.2. The van der Waals surface area contributed by atoms with Gasteiger partial charge in [0.2, 0.25) is 0 Å². The van der Waals surface area contributed by atoms with E-state index >= 15 is 0 Å². The third-order valence-corrected chi connectivity index (χ3v) is 3.15. The number of aliphatic hydroxyl groups excluding tert-OH is 1. The first-order chi connectivity index (χ1) is 10.2. The number of rotatable bonds is 5. The quantitative estimate of drug-likeness (QED) is 0.915. The Bertz CT molecular complexity index is 659. The number of benzene rings is 2. The Morgan fingerprint density at radius 3 is 2.62 bits per heavy atom. The van der Waals surface area contributed by atoms with Crippen molar-refractivity contribution in [2.45, 2.75) is 19.6 Å². The van der Waals surface area contributed by atoms with Crippen LogP contribution in [0.15, 0.2) is 42.5 Å². The molecule has 0 saturated heterocycles. The molecule has 1 N–H and O–H groups in total. The zero-order valence-corrected chi connectivity index (χ0v) is 12.0. The summed E-state index contributed by atoms with van der Waals surface area (Å²) in [5, 5.41) is 18.7. The van der Waals surface area contributed by atoms with Gasteiger partial charge in [-0.3, -0.25) is 0 Å². The minimum absolute atomic E-state index is 0.339. The molecule has 108 valence electrons. The van der Waals surface area contributed by atoms with Gasteiger partial charge in [-0.25, -0.2) is 0 Å². The van der Waals surface area contributed by atoms with Crippen molar-refractivity contribution in [1.82, 2.24) is 0 Å². The van der Waals surface area contributed by atoms with Gasteiger partial charge in [0.15, 0.2) is 0 Å². The van der Waals surface area contributed by atoms with E-state index in [1.807, 2.05) is 30.3 Å². The fraction of sp³-hybridized carbons (Fsp3) is 0.235. The number of para-hydroxylation sites is 1. The lowest BCUT2D eigenvalue weighted by Gasteiger charge is -2.13. The van der Waals surface area contributed by atoms with Gasteiger partial charge >= 0.3 is 0 Å². The van der Waals surface area contributed by atoms with Crippen LogP contribution >= 0.6 is 0 Å². The van der Waals surface area contributed by atoms with Crippen molar-refractivity contribution in [3.05, 3.63) is 59.2 Å². The van der Waals surface area contributed by atoms with Crippen LogP contribution in [0.3, 0.4) is 0 Å². The monoisotopic (exact) mass is 283 g/mol. The largest absolute Gasteiger partial charge is 0.495 e. The SMILES string of the molecule is COc1cc(COc2ccccc2[C@H](C)O)ccc1C#N. The van der Waals surface area contributed by atoms with Crippen LogP contribution in [0.2, 0.25) is 0 Å². The summed E-state index contributed by atoms with van der Waals surface area (Å²) < 4.78 is 10.9. The summed E-state index contributed by atoms with van der Waals surface area (Å²) in [6.45, 7) is 2.04. The van der Waals surface area contributed by atoms with Crippen molar-refractivity contribution >= 4 is 0 Å². The van der Waals surface area contributed by atoms with Gasteiger partial charge in [-0.1, -0.05) is 24.3 Å². The van der Waals surface area contributed by atoms with E-state index < -0.39 is 6.10 Å².